The van der Waals surface area contributed by atoms with E-state index in [0.717, 1.165) is 31.2 Å². The molecule has 0 bridgehead atoms. The fourth-order valence-corrected chi connectivity index (χ4v) is 3.46. The van der Waals surface area contributed by atoms with Crippen molar-refractivity contribution in [2.45, 2.75) is 59.0 Å². The standard InChI is InChI=1S/C16H26O3S/c1-11(7-6-8-16(3,4)19-5)9-13-10-12(2)14(20-13)15(17)18/h10-11H,6-9H2,1-5H3,(H,17,18). The molecule has 1 aromatic rings. The quantitative estimate of drug-likeness (QED) is 0.767. The van der Waals surface area contributed by atoms with Crippen LogP contribution in [-0.2, 0) is 11.2 Å². The highest BCUT2D eigenvalue weighted by molar-refractivity contribution is 7.14. The van der Waals surface area contributed by atoms with E-state index >= 15 is 0 Å². The first-order valence-electron chi connectivity index (χ1n) is 7.13. The predicted molar refractivity (Wildman–Crippen MR) is 83.8 cm³/mol. The van der Waals surface area contributed by atoms with Gasteiger partial charge in [0.25, 0.3) is 0 Å². The largest absolute Gasteiger partial charge is 0.477 e. The van der Waals surface area contributed by atoms with Gasteiger partial charge in [-0.25, -0.2) is 4.79 Å². The second-order valence-corrected chi connectivity index (χ2v) is 7.33. The van der Waals surface area contributed by atoms with Gasteiger partial charge in [-0.3, -0.25) is 0 Å². The van der Waals surface area contributed by atoms with Crippen molar-refractivity contribution < 1.29 is 14.6 Å². The highest BCUT2D eigenvalue weighted by Gasteiger charge is 2.17. The van der Waals surface area contributed by atoms with Crippen LogP contribution in [0.3, 0.4) is 0 Å². The van der Waals surface area contributed by atoms with E-state index in [1.165, 1.54) is 16.2 Å². The highest BCUT2D eigenvalue weighted by Crippen LogP contribution is 2.26. The van der Waals surface area contributed by atoms with Crippen LogP contribution in [0.2, 0.25) is 0 Å². The zero-order chi connectivity index (χ0) is 15.3. The summed E-state index contributed by atoms with van der Waals surface area (Å²) in [7, 11) is 1.76. The molecule has 1 heterocycles. The zero-order valence-electron chi connectivity index (χ0n) is 13.2. The number of hydrogen-bond acceptors (Lipinski definition) is 3. The Kier molecular flexibility index (Phi) is 6.21. The molecule has 0 fully saturated rings. The number of aromatic carboxylic acids is 1. The minimum atomic E-state index is -0.812. The maximum atomic E-state index is 11.0. The van der Waals surface area contributed by atoms with Crippen LogP contribution in [0.15, 0.2) is 6.07 Å². The zero-order valence-corrected chi connectivity index (χ0v) is 14.0. The molecule has 0 amide bonds. The number of rotatable bonds is 8. The lowest BCUT2D eigenvalue weighted by molar-refractivity contribution is 0.0127. The first-order chi connectivity index (χ1) is 9.25. The fourth-order valence-electron chi connectivity index (χ4n) is 2.28. The topological polar surface area (TPSA) is 46.5 Å². The van der Waals surface area contributed by atoms with Crippen LogP contribution in [0.25, 0.3) is 0 Å². The van der Waals surface area contributed by atoms with Crippen LogP contribution in [0, 0.1) is 12.8 Å². The molecule has 0 aliphatic carbocycles. The Labute approximate surface area is 126 Å². The molecule has 1 unspecified atom stereocenters. The molecule has 20 heavy (non-hydrogen) atoms. The van der Waals surface area contributed by atoms with Gasteiger partial charge in [0.2, 0.25) is 0 Å². The third-order valence-corrected chi connectivity index (χ3v) is 4.99. The summed E-state index contributed by atoms with van der Waals surface area (Å²) in [5, 5.41) is 9.07. The van der Waals surface area contributed by atoms with Crippen molar-refractivity contribution in [3.8, 4) is 0 Å². The summed E-state index contributed by atoms with van der Waals surface area (Å²) in [5.74, 6) is -0.240. The molecule has 0 spiro atoms. The molecule has 1 N–H and O–H groups in total. The Morgan fingerprint density at radius 3 is 2.65 bits per heavy atom. The van der Waals surface area contributed by atoms with Gasteiger partial charge in [-0.2, -0.15) is 0 Å². The third-order valence-electron chi connectivity index (χ3n) is 3.74. The molecule has 3 nitrogen and oxygen atoms in total. The summed E-state index contributed by atoms with van der Waals surface area (Å²) in [4.78, 5) is 12.7. The van der Waals surface area contributed by atoms with E-state index < -0.39 is 5.97 Å². The van der Waals surface area contributed by atoms with E-state index in [1.807, 2.05) is 13.0 Å². The second-order valence-electron chi connectivity index (χ2n) is 6.20. The number of carboxylic acid groups (broad SMARTS) is 1. The summed E-state index contributed by atoms with van der Waals surface area (Å²) in [6.45, 7) is 8.32. The lowest BCUT2D eigenvalue weighted by atomic mass is 9.94. The molecule has 0 aromatic carbocycles. The number of aryl methyl sites for hydroxylation is 1. The van der Waals surface area contributed by atoms with E-state index in [4.69, 9.17) is 9.84 Å². The lowest BCUT2D eigenvalue weighted by Crippen LogP contribution is -2.22. The molecular formula is C16H26O3S. The first kappa shape index (κ1) is 17.2. The molecule has 4 heteroatoms. The molecule has 0 saturated heterocycles. The van der Waals surface area contributed by atoms with Crippen LogP contribution in [-0.4, -0.2) is 23.8 Å². The average molecular weight is 298 g/mol. The van der Waals surface area contributed by atoms with Crippen molar-refractivity contribution in [1.29, 1.82) is 0 Å². The molecule has 0 aliphatic heterocycles. The Hall–Kier alpha value is -0.870. The Morgan fingerprint density at radius 1 is 1.50 bits per heavy atom. The van der Waals surface area contributed by atoms with Gasteiger partial charge in [0.1, 0.15) is 4.88 Å². The van der Waals surface area contributed by atoms with Gasteiger partial charge in [0.15, 0.2) is 0 Å². The van der Waals surface area contributed by atoms with Crippen molar-refractivity contribution in [2.24, 2.45) is 5.92 Å². The van der Waals surface area contributed by atoms with Gasteiger partial charge in [-0.1, -0.05) is 19.8 Å². The summed E-state index contributed by atoms with van der Waals surface area (Å²) < 4.78 is 5.42. The van der Waals surface area contributed by atoms with E-state index in [0.29, 0.717) is 10.8 Å². The normalized spacial score (nSPS) is 13.4. The molecule has 1 atom stereocenters. The number of carboxylic acids is 1. The molecule has 0 radical (unpaired) electrons. The number of carbonyl (C=O) groups is 1. The SMILES string of the molecule is COC(C)(C)CCCC(C)Cc1cc(C)c(C(=O)O)s1. The summed E-state index contributed by atoms with van der Waals surface area (Å²) in [6, 6.07) is 2.02. The van der Waals surface area contributed by atoms with Gasteiger partial charge in [-0.15, -0.1) is 11.3 Å². The first-order valence-corrected chi connectivity index (χ1v) is 7.94. The number of thiophene rings is 1. The van der Waals surface area contributed by atoms with Crippen molar-refractivity contribution in [3.63, 3.8) is 0 Å². The molecule has 114 valence electrons. The minimum absolute atomic E-state index is 0.0459. The second kappa shape index (κ2) is 7.23. The van der Waals surface area contributed by atoms with Crippen LogP contribution in [0.4, 0.5) is 0 Å². The summed E-state index contributed by atoms with van der Waals surface area (Å²) in [5.41, 5.74) is 0.834. The molecule has 0 aliphatic rings. The van der Waals surface area contributed by atoms with Gasteiger partial charge < -0.3 is 9.84 Å². The maximum Gasteiger partial charge on any atom is 0.346 e. The Balaban J connectivity index is 2.45. The number of hydrogen-bond donors (Lipinski definition) is 1. The van der Waals surface area contributed by atoms with Gasteiger partial charge in [0.05, 0.1) is 5.60 Å². The van der Waals surface area contributed by atoms with Crippen LogP contribution in [0.5, 0.6) is 0 Å². The predicted octanol–water partition coefficient (Wildman–Crippen LogP) is 4.53. The average Bonchev–Trinajstić information content (AvgIpc) is 2.70. The van der Waals surface area contributed by atoms with Crippen LogP contribution >= 0.6 is 11.3 Å². The van der Waals surface area contributed by atoms with Crippen molar-refractivity contribution in [3.05, 3.63) is 21.4 Å². The van der Waals surface area contributed by atoms with E-state index in [-0.39, 0.29) is 5.60 Å². The number of methoxy groups -OCH3 is 1. The van der Waals surface area contributed by atoms with Crippen LogP contribution < -0.4 is 0 Å². The Morgan fingerprint density at radius 2 is 2.15 bits per heavy atom. The van der Waals surface area contributed by atoms with E-state index in [1.54, 1.807) is 7.11 Å². The van der Waals surface area contributed by atoms with Crippen LogP contribution in [0.1, 0.15) is 60.1 Å². The fraction of sp³-hybridized carbons (Fsp3) is 0.688. The van der Waals surface area contributed by atoms with Gasteiger partial charge in [-0.05, 0) is 51.2 Å². The third kappa shape index (κ3) is 5.25. The summed E-state index contributed by atoms with van der Waals surface area (Å²) >= 11 is 1.42. The van der Waals surface area contributed by atoms with E-state index in [9.17, 15) is 4.79 Å². The molecule has 1 rings (SSSR count). The van der Waals surface area contributed by atoms with Crippen molar-refractivity contribution >= 4 is 17.3 Å². The monoisotopic (exact) mass is 298 g/mol. The minimum Gasteiger partial charge on any atom is -0.477 e. The molecule has 1 aromatic heterocycles. The number of ether oxygens (including phenoxy) is 1. The molecule has 0 saturated carbocycles. The smallest absolute Gasteiger partial charge is 0.346 e. The highest BCUT2D eigenvalue weighted by atomic mass is 32.1. The Bertz CT molecular complexity index is 449. The van der Waals surface area contributed by atoms with E-state index in [2.05, 4.69) is 20.8 Å². The van der Waals surface area contributed by atoms with Crippen molar-refractivity contribution in [1.82, 2.24) is 0 Å². The lowest BCUT2D eigenvalue weighted by Gasteiger charge is -2.23. The molecular weight excluding hydrogens is 272 g/mol. The summed E-state index contributed by atoms with van der Waals surface area (Å²) in [6.07, 6.45) is 4.30. The maximum absolute atomic E-state index is 11.0. The van der Waals surface area contributed by atoms with Crippen molar-refractivity contribution in [2.75, 3.05) is 7.11 Å². The van der Waals surface area contributed by atoms with Gasteiger partial charge >= 0.3 is 5.97 Å². The van der Waals surface area contributed by atoms with Gasteiger partial charge in [0, 0.05) is 12.0 Å².